The van der Waals surface area contributed by atoms with Crippen LogP contribution in [-0.4, -0.2) is 25.9 Å². The lowest BCUT2D eigenvalue weighted by Crippen LogP contribution is -2.51. The Kier molecular flexibility index (Phi) is 4.44. The maximum atomic E-state index is 6.43. The molecule has 0 spiro atoms. The van der Waals surface area contributed by atoms with E-state index in [0.717, 1.165) is 13.2 Å². The van der Waals surface area contributed by atoms with Crippen molar-refractivity contribution >= 4 is 23.1 Å². The summed E-state index contributed by atoms with van der Waals surface area (Å²) in [5, 5.41) is 0. The average Bonchev–Trinajstić information content (AvgIpc) is 3.30. The summed E-state index contributed by atoms with van der Waals surface area (Å²) in [6.07, 6.45) is 4.47. The Morgan fingerprint density at radius 2 is 1.53 bits per heavy atom. The summed E-state index contributed by atoms with van der Waals surface area (Å²) in [4.78, 5) is 4.63. The monoisotopic (exact) mass is 396 g/mol. The largest absolute Gasteiger partial charge is 0.349 e. The van der Waals surface area contributed by atoms with E-state index in [1.807, 2.05) is 6.07 Å². The van der Waals surface area contributed by atoms with Gasteiger partial charge in [0, 0.05) is 36.1 Å². The van der Waals surface area contributed by atoms with Crippen LogP contribution in [0.3, 0.4) is 0 Å². The van der Waals surface area contributed by atoms with Gasteiger partial charge in [-0.25, -0.2) is 0 Å². The summed E-state index contributed by atoms with van der Waals surface area (Å²) in [5.74, 6) is 0. The number of ether oxygens (including phenoxy) is 1. The molecule has 3 aromatic rings. The van der Waals surface area contributed by atoms with Crippen LogP contribution in [0.5, 0.6) is 0 Å². The number of hydrogen-bond acceptors (Lipinski definition) is 3. The fourth-order valence-electron chi connectivity index (χ4n) is 4.95. The van der Waals surface area contributed by atoms with Crippen LogP contribution in [0.4, 0.5) is 17.1 Å². The molecule has 0 aliphatic carbocycles. The molecule has 3 heteroatoms. The van der Waals surface area contributed by atoms with Crippen LogP contribution in [0, 0.1) is 0 Å². The minimum Gasteiger partial charge on any atom is -0.349 e. The zero-order chi connectivity index (χ0) is 20.8. The molecule has 3 nitrogen and oxygen atoms in total. The van der Waals surface area contributed by atoms with E-state index in [4.69, 9.17) is 4.74 Å². The molecule has 1 fully saturated rings. The van der Waals surface area contributed by atoms with Gasteiger partial charge in [-0.15, -0.1) is 0 Å². The third-order valence-corrected chi connectivity index (χ3v) is 6.73. The second-order valence-electron chi connectivity index (χ2n) is 8.66. The van der Waals surface area contributed by atoms with Crippen LogP contribution in [0.2, 0.25) is 0 Å². The van der Waals surface area contributed by atoms with Crippen molar-refractivity contribution in [3.63, 3.8) is 0 Å². The van der Waals surface area contributed by atoms with Gasteiger partial charge in [-0.05, 0) is 47.5 Å². The number of anilines is 3. The van der Waals surface area contributed by atoms with Crippen molar-refractivity contribution in [1.82, 2.24) is 0 Å². The Labute approximate surface area is 179 Å². The van der Waals surface area contributed by atoms with Crippen molar-refractivity contribution in [2.75, 3.05) is 30.0 Å². The third kappa shape index (κ3) is 2.77. The van der Waals surface area contributed by atoms with Crippen molar-refractivity contribution in [2.24, 2.45) is 0 Å². The van der Waals surface area contributed by atoms with Crippen LogP contribution < -0.4 is 9.80 Å². The molecule has 2 aliphatic heterocycles. The van der Waals surface area contributed by atoms with E-state index in [-0.39, 0.29) is 5.41 Å². The maximum Gasteiger partial charge on any atom is 0.170 e. The van der Waals surface area contributed by atoms with Crippen LogP contribution in [0.15, 0.2) is 84.9 Å². The SMILES string of the molecule is CN(c1ccccc1)c1ccc(C=CC23OCCN2c2ccccc2C3(C)C)cc1. The molecule has 1 unspecified atom stereocenters. The van der Waals surface area contributed by atoms with Crippen molar-refractivity contribution in [1.29, 1.82) is 0 Å². The van der Waals surface area contributed by atoms with E-state index in [0.29, 0.717) is 0 Å². The van der Waals surface area contributed by atoms with E-state index < -0.39 is 5.72 Å². The standard InChI is InChI=1S/C27H28N2O/c1-26(2)24-11-7-8-12-25(24)29-19-20-30-27(26,29)18-17-21-13-15-23(16-14-21)28(3)22-9-5-4-6-10-22/h4-18H,19-20H2,1-3H3. The minimum atomic E-state index is -0.434. The number of nitrogens with zero attached hydrogens (tertiary/aromatic N) is 2. The average molecular weight is 397 g/mol. The summed E-state index contributed by atoms with van der Waals surface area (Å²) in [7, 11) is 2.10. The van der Waals surface area contributed by atoms with Gasteiger partial charge in [0.25, 0.3) is 0 Å². The number of fused-ring (bicyclic) bond motifs is 3. The molecule has 0 amide bonds. The second kappa shape index (κ2) is 7.03. The quantitative estimate of drug-likeness (QED) is 0.538. The first-order valence-electron chi connectivity index (χ1n) is 10.6. The van der Waals surface area contributed by atoms with Gasteiger partial charge < -0.3 is 14.5 Å². The Balaban J connectivity index is 1.43. The van der Waals surface area contributed by atoms with Crippen molar-refractivity contribution in [3.05, 3.63) is 96.1 Å². The van der Waals surface area contributed by atoms with E-state index in [2.05, 4.69) is 116 Å². The normalized spacial score (nSPS) is 21.6. The molecule has 2 heterocycles. The van der Waals surface area contributed by atoms with Crippen LogP contribution >= 0.6 is 0 Å². The van der Waals surface area contributed by atoms with Crippen LogP contribution in [0.25, 0.3) is 6.08 Å². The van der Waals surface area contributed by atoms with Gasteiger partial charge in [0.15, 0.2) is 5.72 Å². The summed E-state index contributed by atoms with van der Waals surface area (Å²) in [6, 6.07) is 27.8. The second-order valence-corrected chi connectivity index (χ2v) is 8.66. The first kappa shape index (κ1) is 19.0. The molecule has 5 rings (SSSR count). The molecule has 0 N–H and O–H groups in total. The lowest BCUT2D eigenvalue weighted by Gasteiger charge is -2.39. The maximum absolute atomic E-state index is 6.43. The highest BCUT2D eigenvalue weighted by atomic mass is 16.5. The molecule has 0 aromatic heterocycles. The predicted molar refractivity (Wildman–Crippen MR) is 125 cm³/mol. The topological polar surface area (TPSA) is 15.7 Å². The number of rotatable bonds is 4. The fourth-order valence-corrected chi connectivity index (χ4v) is 4.95. The Bertz CT molecular complexity index is 1070. The lowest BCUT2D eigenvalue weighted by atomic mass is 9.77. The molecule has 0 saturated carbocycles. The zero-order valence-electron chi connectivity index (χ0n) is 17.9. The van der Waals surface area contributed by atoms with E-state index >= 15 is 0 Å². The molecule has 0 bridgehead atoms. The first-order chi connectivity index (χ1) is 14.5. The summed E-state index contributed by atoms with van der Waals surface area (Å²) < 4.78 is 6.43. The zero-order valence-corrected chi connectivity index (χ0v) is 17.9. The van der Waals surface area contributed by atoms with Gasteiger partial charge >= 0.3 is 0 Å². The van der Waals surface area contributed by atoms with E-state index in [1.165, 1.54) is 28.2 Å². The predicted octanol–water partition coefficient (Wildman–Crippen LogP) is 5.99. The Morgan fingerprint density at radius 1 is 0.867 bits per heavy atom. The van der Waals surface area contributed by atoms with Crippen molar-refractivity contribution < 1.29 is 4.74 Å². The molecular weight excluding hydrogens is 368 g/mol. The number of benzene rings is 3. The van der Waals surface area contributed by atoms with Gasteiger partial charge in [-0.3, -0.25) is 0 Å². The Hall–Kier alpha value is -3.04. The molecule has 3 aromatic carbocycles. The molecule has 30 heavy (non-hydrogen) atoms. The lowest BCUT2D eigenvalue weighted by molar-refractivity contribution is 0.000337. The Morgan fingerprint density at radius 3 is 2.30 bits per heavy atom. The summed E-state index contributed by atoms with van der Waals surface area (Å²) in [6.45, 7) is 6.26. The third-order valence-electron chi connectivity index (χ3n) is 6.73. The molecule has 0 radical (unpaired) electrons. The van der Waals surface area contributed by atoms with Gasteiger partial charge in [-0.1, -0.05) is 68.5 Å². The molecule has 2 aliphatic rings. The molecule has 1 atom stereocenters. The van der Waals surface area contributed by atoms with Crippen LogP contribution in [-0.2, 0) is 10.2 Å². The summed E-state index contributed by atoms with van der Waals surface area (Å²) >= 11 is 0. The van der Waals surface area contributed by atoms with Gasteiger partial charge in [-0.2, -0.15) is 0 Å². The smallest absolute Gasteiger partial charge is 0.170 e. The molecule has 1 saturated heterocycles. The first-order valence-corrected chi connectivity index (χ1v) is 10.6. The minimum absolute atomic E-state index is 0.121. The summed E-state index contributed by atoms with van der Waals surface area (Å²) in [5.41, 5.74) is 5.62. The van der Waals surface area contributed by atoms with Gasteiger partial charge in [0.1, 0.15) is 0 Å². The van der Waals surface area contributed by atoms with Gasteiger partial charge in [0.05, 0.1) is 6.61 Å². The van der Waals surface area contributed by atoms with Crippen LogP contribution in [0.1, 0.15) is 25.0 Å². The van der Waals surface area contributed by atoms with E-state index in [1.54, 1.807) is 0 Å². The fraction of sp³-hybridized carbons (Fsp3) is 0.259. The molecular formula is C27H28N2O. The highest BCUT2D eigenvalue weighted by Gasteiger charge is 2.58. The van der Waals surface area contributed by atoms with Gasteiger partial charge in [0.2, 0.25) is 0 Å². The van der Waals surface area contributed by atoms with E-state index in [9.17, 15) is 0 Å². The van der Waals surface area contributed by atoms with Crippen molar-refractivity contribution in [3.8, 4) is 0 Å². The number of hydrogen-bond donors (Lipinski definition) is 0. The highest BCUT2D eigenvalue weighted by Crippen LogP contribution is 2.54. The number of para-hydroxylation sites is 2. The van der Waals surface area contributed by atoms with Crippen molar-refractivity contribution in [2.45, 2.75) is 25.0 Å². The molecule has 152 valence electrons. The highest BCUT2D eigenvalue weighted by molar-refractivity contribution is 5.70.